The minimum atomic E-state index is -0.159. The van der Waals surface area contributed by atoms with Gasteiger partial charge < -0.3 is 15.5 Å². The van der Waals surface area contributed by atoms with Crippen molar-refractivity contribution in [2.75, 3.05) is 28.6 Å². The van der Waals surface area contributed by atoms with E-state index in [0.717, 1.165) is 36.6 Å². The smallest absolute Gasteiger partial charge is 0.229 e. The van der Waals surface area contributed by atoms with Gasteiger partial charge in [-0.15, -0.1) is 10.2 Å². The molecule has 0 bridgehead atoms. The highest BCUT2D eigenvalue weighted by molar-refractivity contribution is 5.94. The van der Waals surface area contributed by atoms with Crippen molar-refractivity contribution >= 4 is 29.0 Å². The lowest BCUT2D eigenvalue weighted by Gasteiger charge is -2.32. The number of carbonyl (C=O) groups is 2. The predicted octanol–water partition coefficient (Wildman–Crippen LogP) is 4.14. The number of carbonyl (C=O) groups excluding carboxylic acids is 2. The lowest BCUT2D eigenvalue weighted by molar-refractivity contribution is -0.120. The van der Waals surface area contributed by atoms with Crippen molar-refractivity contribution in [1.29, 1.82) is 0 Å². The fraction of sp³-hybridized carbons (Fsp3) is 0.222. The van der Waals surface area contributed by atoms with Gasteiger partial charge in [-0.2, -0.15) is 0 Å². The fourth-order valence-corrected chi connectivity index (χ4v) is 4.39. The third kappa shape index (κ3) is 5.25. The summed E-state index contributed by atoms with van der Waals surface area (Å²) in [5, 5.41) is 14.6. The van der Waals surface area contributed by atoms with E-state index < -0.39 is 0 Å². The van der Waals surface area contributed by atoms with Crippen LogP contribution < -0.4 is 15.5 Å². The molecule has 5 rings (SSSR count). The number of imidazole rings is 1. The Morgan fingerprint density at radius 3 is 2.28 bits per heavy atom. The van der Waals surface area contributed by atoms with Crippen molar-refractivity contribution in [2.45, 2.75) is 19.8 Å². The molecule has 9 heteroatoms. The van der Waals surface area contributed by atoms with Crippen LogP contribution >= 0.6 is 0 Å². The van der Waals surface area contributed by atoms with Crippen molar-refractivity contribution < 1.29 is 9.59 Å². The van der Waals surface area contributed by atoms with Crippen molar-refractivity contribution in [3.63, 3.8) is 0 Å². The molecule has 1 atom stereocenters. The lowest BCUT2D eigenvalue weighted by Crippen LogP contribution is -2.41. The first-order valence-electron chi connectivity index (χ1n) is 11.9. The molecule has 2 amide bonds. The van der Waals surface area contributed by atoms with Gasteiger partial charge in [0.2, 0.25) is 11.8 Å². The van der Waals surface area contributed by atoms with Crippen LogP contribution in [0.25, 0.3) is 17.2 Å². The summed E-state index contributed by atoms with van der Waals surface area (Å²) in [5.41, 5.74) is 2.39. The summed E-state index contributed by atoms with van der Waals surface area (Å²) in [7, 11) is 0. The third-order valence-corrected chi connectivity index (χ3v) is 6.14. The van der Waals surface area contributed by atoms with Crippen LogP contribution in [0.3, 0.4) is 0 Å². The largest absolute Gasteiger partial charge is 0.354 e. The zero-order valence-electron chi connectivity index (χ0n) is 20.0. The van der Waals surface area contributed by atoms with Crippen molar-refractivity contribution in [3.8, 4) is 17.2 Å². The molecule has 0 spiro atoms. The topological polar surface area (TPSA) is 105 Å². The first-order chi connectivity index (χ1) is 17.6. The Balaban J connectivity index is 1.24. The van der Waals surface area contributed by atoms with E-state index >= 15 is 0 Å². The number of hydrogen-bond acceptors (Lipinski definition) is 6. The average molecular weight is 482 g/mol. The molecule has 1 unspecified atom stereocenters. The van der Waals surface area contributed by atoms with Gasteiger partial charge in [0.25, 0.3) is 0 Å². The Labute approximate surface area is 209 Å². The molecule has 36 heavy (non-hydrogen) atoms. The maximum atomic E-state index is 12.9. The molecule has 2 aromatic heterocycles. The second kappa shape index (κ2) is 10.4. The molecule has 0 radical (unpaired) electrons. The normalized spacial score (nSPS) is 15.4. The molecular formula is C27H27N7O2. The molecule has 1 aliphatic heterocycles. The maximum Gasteiger partial charge on any atom is 0.229 e. The van der Waals surface area contributed by atoms with Gasteiger partial charge in [-0.25, -0.2) is 4.98 Å². The highest BCUT2D eigenvalue weighted by Crippen LogP contribution is 2.25. The number of nitrogens with zero attached hydrogens (tertiary/aromatic N) is 5. The van der Waals surface area contributed by atoms with Gasteiger partial charge in [0.15, 0.2) is 11.6 Å². The zero-order chi connectivity index (χ0) is 24.9. The molecule has 1 saturated heterocycles. The highest BCUT2D eigenvalue weighted by atomic mass is 16.2. The summed E-state index contributed by atoms with van der Waals surface area (Å²) in [6.45, 7) is 2.86. The van der Waals surface area contributed by atoms with Gasteiger partial charge in [-0.3, -0.25) is 14.2 Å². The molecular weight excluding hydrogens is 454 g/mol. The molecule has 0 aliphatic carbocycles. The minimum Gasteiger partial charge on any atom is -0.354 e. The van der Waals surface area contributed by atoms with Gasteiger partial charge in [0.05, 0.1) is 5.92 Å². The Bertz CT molecular complexity index is 1330. The summed E-state index contributed by atoms with van der Waals surface area (Å²) in [4.78, 5) is 30.7. The Hall–Kier alpha value is -4.53. The van der Waals surface area contributed by atoms with Crippen LogP contribution in [0.1, 0.15) is 19.8 Å². The van der Waals surface area contributed by atoms with Gasteiger partial charge in [-0.05, 0) is 49.2 Å². The number of aromatic nitrogens is 4. The summed E-state index contributed by atoms with van der Waals surface area (Å²) >= 11 is 0. The second-order valence-electron chi connectivity index (χ2n) is 8.77. The molecule has 9 nitrogen and oxygen atoms in total. The lowest BCUT2D eigenvalue weighted by atomic mass is 9.97. The van der Waals surface area contributed by atoms with Crippen LogP contribution in [0.4, 0.5) is 17.2 Å². The molecule has 2 aromatic carbocycles. The standard InChI is InChI=1S/C27H27N7O2/c1-19(35)29-22-9-11-23(12-10-22)30-27(36)21-8-5-16-33(18-21)24-13-14-25(32-31-24)34-17-15-28-26(34)20-6-3-2-4-7-20/h2-4,6-7,9-15,17,21H,5,8,16,18H2,1H3,(H,29,35)(H,30,36). The van der Waals surface area contributed by atoms with Crippen LogP contribution in [0.5, 0.6) is 0 Å². The van der Waals surface area contributed by atoms with E-state index in [1.54, 1.807) is 30.5 Å². The van der Waals surface area contributed by atoms with Crippen LogP contribution in [-0.4, -0.2) is 44.7 Å². The monoisotopic (exact) mass is 481 g/mol. The summed E-state index contributed by atoms with van der Waals surface area (Å²) in [6, 6.07) is 20.9. The van der Waals surface area contributed by atoms with E-state index in [0.29, 0.717) is 23.7 Å². The SMILES string of the molecule is CC(=O)Nc1ccc(NC(=O)C2CCCN(c3ccc(-n4ccnc4-c4ccccc4)nn3)C2)cc1. The van der Waals surface area contributed by atoms with Gasteiger partial charge >= 0.3 is 0 Å². The Kier molecular flexibility index (Phi) is 6.70. The number of nitrogens with one attached hydrogen (secondary N) is 2. The van der Waals surface area contributed by atoms with E-state index in [4.69, 9.17) is 0 Å². The van der Waals surface area contributed by atoms with Crippen LogP contribution in [0.15, 0.2) is 79.1 Å². The number of benzene rings is 2. The molecule has 182 valence electrons. The fourth-order valence-electron chi connectivity index (χ4n) is 4.39. The van der Waals surface area contributed by atoms with Crippen molar-refractivity contribution in [2.24, 2.45) is 5.92 Å². The van der Waals surface area contributed by atoms with Gasteiger partial charge in [0.1, 0.15) is 5.82 Å². The van der Waals surface area contributed by atoms with Gasteiger partial charge in [0, 0.05) is 49.3 Å². The number of hydrogen-bond donors (Lipinski definition) is 2. The third-order valence-electron chi connectivity index (χ3n) is 6.14. The van der Waals surface area contributed by atoms with E-state index in [2.05, 4.69) is 30.7 Å². The molecule has 4 aromatic rings. The highest BCUT2D eigenvalue weighted by Gasteiger charge is 2.27. The number of rotatable bonds is 6. The summed E-state index contributed by atoms with van der Waals surface area (Å²) < 4.78 is 1.91. The average Bonchev–Trinajstić information content (AvgIpc) is 3.40. The second-order valence-corrected chi connectivity index (χ2v) is 8.77. The van der Waals surface area contributed by atoms with Gasteiger partial charge in [-0.1, -0.05) is 30.3 Å². The number of anilines is 3. The maximum absolute atomic E-state index is 12.9. The number of piperidine rings is 1. The predicted molar refractivity (Wildman–Crippen MR) is 139 cm³/mol. The first kappa shape index (κ1) is 23.2. The van der Waals surface area contributed by atoms with Crippen LogP contribution in [-0.2, 0) is 9.59 Å². The minimum absolute atomic E-state index is 0.0255. The summed E-state index contributed by atoms with van der Waals surface area (Å²) in [5.74, 6) is 1.92. The number of amides is 2. The van der Waals surface area contributed by atoms with Crippen LogP contribution in [0, 0.1) is 5.92 Å². The molecule has 3 heterocycles. The first-order valence-corrected chi connectivity index (χ1v) is 11.9. The molecule has 0 saturated carbocycles. The van der Waals surface area contributed by atoms with Crippen molar-refractivity contribution in [3.05, 3.63) is 79.1 Å². The molecule has 2 N–H and O–H groups in total. The van der Waals surface area contributed by atoms with E-state index in [9.17, 15) is 9.59 Å². The van der Waals surface area contributed by atoms with E-state index in [1.165, 1.54) is 6.92 Å². The Morgan fingerprint density at radius 1 is 0.889 bits per heavy atom. The molecule has 1 fully saturated rings. The zero-order valence-corrected chi connectivity index (χ0v) is 20.0. The summed E-state index contributed by atoms with van der Waals surface area (Å²) in [6.07, 6.45) is 5.32. The van der Waals surface area contributed by atoms with E-state index in [1.807, 2.05) is 53.2 Å². The van der Waals surface area contributed by atoms with E-state index in [-0.39, 0.29) is 17.7 Å². The Morgan fingerprint density at radius 2 is 1.58 bits per heavy atom. The van der Waals surface area contributed by atoms with Crippen LogP contribution in [0.2, 0.25) is 0 Å². The molecule has 1 aliphatic rings. The quantitative estimate of drug-likeness (QED) is 0.429. The van der Waals surface area contributed by atoms with Crippen molar-refractivity contribution in [1.82, 2.24) is 19.7 Å².